The maximum Gasteiger partial charge on any atom is 0.322 e. The Labute approximate surface area is 110 Å². The summed E-state index contributed by atoms with van der Waals surface area (Å²) in [5, 5.41) is 9.67. The summed E-state index contributed by atoms with van der Waals surface area (Å²) in [5.74, 6) is -1.46. The summed E-state index contributed by atoms with van der Waals surface area (Å²) in [7, 11) is -3.81. The highest BCUT2D eigenvalue weighted by Crippen LogP contribution is 2.19. The zero-order chi connectivity index (χ0) is 13.9. The molecule has 102 valence electrons. The molecule has 6 nitrogen and oxygen atoms in total. The topological polar surface area (TPSA) is 96.4 Å². The summed E-state index contributed by atoms with van der Waals surface area (Å²) in [5.41, 5.74) is 0. The Bertz CT molecular complexity index is 524. The molecular formula is C10H16N2O4S2. The van der Waals surface area contributed by atoms with Crippen LogP contribution >= 0.6 is 11.3 Å². The number of nitrogens with zero attached hydrogens (tertiary/aromatic N) is 1. The summed E-state index contributed by atoms with van der Waals surface area (Å²) >= 11 is 1.01. The summed E-state index contributed by atoms with van der Waals surface area (Å²) in [6, 6.07) is -1.12. The molecule has 2 unspecified atom stereocenters. The van der Waals surface area contributed by atoms with Crippen molar-refractivity contribution in [2.24, 2.45) is 5.92 Å². The maximum atomic E-state index is 12.0. The first-order valence-corrected chi connectivity index (χ1v) is 7.75. The lowest BCUT2D eigenvalue weighted by Gasteiger charge is -2.19. The lowest BCUT2D eigenvalue weighted by atomic mass is 10.0. The van der Waals surface area contributed by atoms with Gasteiger partial charge in [0.15, 0.2) is 4.21 Å². The molecule has 0 radical (unpaired) electrons. The number of nitrogens with one attached hydrogen (secondary N) is 1. The molecule has 0 aromatic carbocycles. The third kappa shape index (κ3) is 3.50. The van der Waals surface area contributed by atoms with Gasteiger partial charge in [-0.05, 0) is 12.8 Å². The van der Waals surface area contributed by atoms with Gasteiger partial charge in [-0.1, -0.05) is 20.3 Å². The predicted octanol–water partition coefficient (Wildman–Crippen LogP) is 1.23. The van der Waals surface area contributed by atoms with E-state index in [9.17, 15) is 13.2 Å². The molecule has 0 saturated carbocycles. The number of aliphatic carboxylic acids is 1. The molecule has 2 N–H and O–H groups in total. The highest BCUT2D eigenvalue weighted by molar-refractivity contribution is 7.91. The standard InChI is InChI=1S/C10H16N2O4S2/c1-4-6(2)9(10(13)14)12-18(15,16)8-5-11-7(3)17-8/h5-6,9,12H,4H2,1-3H3,(H,13,14). The van der Waals surface area contributed by atoms with Crippen molar-refractivity contribution in [2.75, 3.05) is 0 Å². The van der Waals surface area contributed by atoms with E-state index in [1.807, 2.05) is 6.92 Å². The molecule has 2 atom stereocenters. The van der Waals surface area contributed by atoms with Crippen molar-refractivity contribution in [1.29, 1.82) is 0 Å². The number of carboxylic acid groups (broad SMARTS) is 1. The minimum Gasteiger partial charge on any atom is -0.480 e. The number of carbonyl (C=O) groups is 1. The van der Waals surface area contributed by atoms with E-state index < -0.39 is 22.0 Å². The molecule has 0 bridgehead atoms. The number of carboxylic acids is 1. The average Bonchev–Trinajstić information content (AvgIpc) is 2.72. The van der Waals surface area contributed by atoms with Gasteiger partial charge >= 0.3 is 5.97 Å². The quantitative estimate of drug-likeness (QED) is 0.822. The smallest absolute Gasteiger partial charge is 0.322 e. The van der Waals surface area contributed by atoms with E-state index in [0.29, 0.717) is 11.4 Å². The lowest BCUT2D eigenvalue weighted by Crippen LogP contribution is -2.44. The monoisotopic (exact) mass is 292 g/mol. The fraction of sp³-hybridized carbons (Fsp3) is 0.600. The van der Waals surface area contributed by atoms with Crippen LogP contribution in [0.25, 0.3) is 0 Å². The summed E-state index contributed by atoms with van der Waals surface area (Å²) in [4.78, 5) is 14.9. The van der Waals surface area contributed by atoms with Crippen LogP contribution in [0.5, 0.6) is 0 Å². The van der Waals surface area contributed by atoms with Gasteiger partial charge in [0, 0.05) is 0 Å². The van der Waals surface area contributed by atoms with Gasteiger partial charge in [0.2, 0.25) is 0 Å². The zero-order valence-corrected chi connectivity index (χ0v) is 12.0. The minimum atomic E-state index is -3.81. The number of thiazole rings is 1. The van der Waals surface area contributed by atoms with Gasteiger partial charge in [-0.2, -0.15) is 4.72 Å². The van der Waals surface area contributed by atoms with Gasteiger partial charge in [-0.15, -0.1) is 11.3 Å². The molecule has 0 amide bonds. The van der Waals surface area contributed by atoms with Crippen molar-refractivity contribution in [3.63, 3.8) is 0 Å². The van der Waals surface area contributed by atoms with E-state index in [4.69, 9.17) is 5.11 Å². The first kappa shape index (κ1) is 15.1. The Hall–Kier alpha value is -0.990. The van der Waals surface area contributed by atoms with Crippen LogP contribution in [0.2, 0.25) is 0 Å². The molecule has 1 aromatic heterocycles. The fourth-order valence-corrected chi connectivity index (χ4v) is 3.76. The Balaban J connectivity index is 2.96. The van der Waals surface area contributed by atoms with Crippen molar-refractivity contribution >= 4 is 27.3 Å². The van der Waals surface area contributed by atoms with E-state index in [0.717, 1.165) is 11.3 Å². The van der Waals surface area contributed by atoms with E-state index in [-0.39, 0.29) is 10.1 Å². The second-order valence-corrected chi connectivity index (χ2v) is 7.20. The number of hydrogen-bond acceptors (Lipinski definition) is 5. The van der Waals surface area contributed by atoms with E-state index >= 15 is 0 Å². The first-order chi connectivity index (χ1) is 8.27. The molecule has 0 aliphatic rings. The molecule has 1 heterocycles. The van der Waals surface area contributed by atoms with Crippen LogP contribution in [0.4, 0.5) is 0 Å². The average molecular weight is 292 g/mol. The Morgan fingerprint density at radius 2 is 2.22 bits per heavy atom. The van der Waals surface area contributed by atoms with Crippen LogP contribution in [-0.4, -0.2) is 30.5 Å². The molecule has 0 fully saturated rings. The Morgan fingerprint density at radius 3 is 2.61 bits per heavy atom. The second-order valence-electron chi connectivity index (χ2n) is 4.02. The molecule has 0 aliphatic heterocycles. The molecule has 0 spiro atoms. The lowest BCUT2D eigenvalue weighted by molar-refractivity contribution is -0.140. The predicted molar refractivity (Wildman–Crippen MR) is 68.1 cm³/mol. The Morgan fingerprint density at radius 1 is 1.61 bits per heavy atom. The number of aryl methyl sites for hydroxylation is 1. The van der Waals surface area contributed by atoms with Crippen LogP contribution in [-0.2, 0) is 14.8 Å². The summed E-state index contributed by atoms with van der Waals surface area (Å²) in [6.45, 7) is 5.19. The van der Waals surface area contributed by atoms with Gasteiger partial charge in [0.05, 0.1) is 11.2 Å². The van der Waals surface area contributed by atoms with Crippen molar-refractivity contribution in [3.05, 3.63) is 11.2 Å². The SMILES string of the molecule is CCC(C)C(NS(=O)(=O)c1cnc(C)s1)C(=O)O. The third-order valence-corrected chi connectivity index (χ3v) is 5.44. The maximum absolute atomic E-state index is 12.0. The second kappa shape index (κ2) is 5.77. The summed E-state index contributed by atoms with van der Waals surface area (Å²) < 4.78 is 26.2. The van der Waals surface area contributed by atoms with Crippen LogP contribution in [0.15, 0.2) is 10.4 Å². The minimum absolute atomic E-state index is 0.0366. The number of aromatic nitrogens is 1. The van der Waals surface area contributed by atoms with Gasteiger partial charge in [-0.3, -0.25) is 4.79 Å². The number of hydrogen-bond donors (Lipinski definition) is 2. The molecule has 18 heavy (non-hydrogen) atoms. The molecule has 8 heteroatoms. The van der Waals surface area contributed by atoms with Gasteiger partial charge in [-0.25, -0.2) is 13.4 Å². The van der Waals surface area contributed by atoms with Gasteiger partial charge < -0.3 is 5.11 Å². The van der Waals surface area contributed by atoms with Crippen LogP contribution in [0, 0.1) is 12.8 Å². The van der Waals surface area contributed by atoms with Crippen LogP contribution < -0.4 is 4.72 Å². The molecule has 1 aromatic rings. The van der Waals surface area contributed by atoms with Crippen LogP contribution in [0.3, 0.4) is 0 Å². The molecule has 0 saturated heterocycles. The van der Waals surface area contributed by atoms with E-state index in [1.54, 1.807) is 13.8 Å². The highest BCUT2D eigenvalue weighted by atomic mass is 32.2. The Kier molecular flexibility index (Phi) is 4.83. The van der Waals surface area contributed by atoms with E-state index in [2.05, 4.69) is 9.71 Å². The van der Waals surface area contributed by atoms with Crippen molar-refractivity contribution in [2.45, 2.75) is 37.4 Å². The first-order valence-electron chi connectivity index (χ1n) is 5.45. The van der Waals surface area contributed by atoms with Gasteiger partial charge in [0.1, 0.15) is 6.04 Å². The van der Waals surface area contributed by atoms with Crippen molar-refractivity contribution < 1.29 is 18.3 Å². The highest BCUT2D eigenvalue weighted by Gasteiger charge is 2.30. The molecule has 1 rings (SSSR count). The van der Waals surface area contributed by atoms with Crippen molar-refractivity contribution in [1.82, 2.24) is 9.71 Å². The number of sulfonamides is 1. The zero-order valence-electron chi connectivity index (χ0n) is 10.4. The van der Waals surface area contributed by atoms with E-state index in [1.165, 1.54) is 6.20 Å². The normalized spacial score (nSPS) is 15.3. The van der Waals surface area contributed by atoms with Crippen LogP contribution in [0.1, 0.15) is 25.3 Å². The third-order valence-electron chi connectivity index (χ3n) is 2.63. The number of rotatable bonds is 6. The molecule has 0 aliphatic carbocycles. The van der Waals surface area contributed by atoms with Crippen molar-refractivity contribution in [3.8, 4) is 0 Å². The van der Waals surface area contributed by atoms with Gasteiger partial charge in [0.25, 0.3) is 10.0 Å². The largest absolute Gasteiger partial charge is 0.480 e. The fourth-order valence-electron chi connectivity index (χ4n) is 1.34. The summed E-state index contributed by atoms with van der Waals surface area (Å²) in [6.07, 6.45) is 1.80. The molecular weight excluding hydrogens is 276 g/mol.